The number of hydrogen-bond acceptors (Lipinski definition) is 8. The second-order valence-electron chi connectivity index (χ2n) is 14.3. The fourth-order valence-corrected chi connectivity index (χ4v) is 8.36. The number of nitriles is 1. The third kappa shape index (κ3) is 6.25. The smallest absolute Gasteiger partial charge is 0.227 e. The van der Waals surface area contributed by atoms with Crippen molar-refractivity contribution >= 4 is 11.1 Å². The second-order valence-corrected chi connectivity index (χ2v) is 14.3. The molecule has 3 aromatic carbocycles. The lowest BCUT2D eigenvalue weighted by atomic mass is 9.89. The van der Waals surface area contributed by atoms with E-state index in [9.17, 15) is 5.26 Å². The quantitative estimate of drug-likeness (QED) is 0.147. The zero-order chi connectivity index (χ0) is 34.2. The largest absolute Gasteiger partial charge is 0.481 e. The van der Waals surface area contributed by atoms with Crippen LogP contribution < -0.4 is 9.47 Å². The highest BCUT2D eigenvalue weighted by Gasteiger charge is 2.29. The molecule has 2 saturated heterocycles. The van der Waals surface area contributed by atoms with Crippen molar-refractivity contribution in [1.82, 2.24) is 19.8 Å². The first-order chi connectivity index (χ1) is 24.5. The van der Waals surface area contributed by atoms with Gasteiger partial charge in [-0.15, -0.1) is 0 Å². The van der Waals surface area contributed by atoms with Gasteiger partial charge in [0, 0.05) is 36.8 Å². The van der Waals surface area contributed by atoms with Gasteiger partial charge in [0.05, 0.1) is 12.7 Å². The van der Waals surface area contributed by atoms with E-state index in [0.717, 1.165) is 80.7 Å². The molecule has 0 saturated carbocycles. The molecule has 8 heteroatoms. The van der Waals surface area contributed by atoms with Crippen molar-refractivity contribution < 1.29 is 13.9 Å². The molecule has 2 fully saturated rings. The first-order valence-electron chi connectivity index (χ1n) is 18.2. The third-order valence-electron chi connectivity index (χ3n) is 10.8. The Hall–Kier alpha value is -4.71. The zero-order valence-electron chi connectivity index (χ0n) is 29.4. The number of aromatic nitrogens is 2. The van der Waals surface area contributed by atoms with Crippen LogP contribution in [0.2, 0.25) is 0 Å². The maximum absolute atomic E-state index is 10.1. The van der Waals surface area contributed by atoms with Crippen molar-refractivity contribution in [3.63, 3.8) is 0 Å². The molecular weight excluding hydrogens is 622 g/mol. The maximum Gasteiger partial charge on any atom is 0.227 e. The molecule has 2 aliphatic heterocycles. The molecule has 1 aliphatic carbocycles. The highest BCUT2D eigenvalue weighted by atomic mass is 16.5. The van der Waals surface area contributed by atoms with Crippen molar-refractivity contribution in [3.8, 4) is 40.4 Å². The molecule has 0 bridgehead atoms. The van der Waals surface area contributed by atoms with E-state index in [0.29, 0.717) is 34.7 Å². The Kier molecular flexibility index (Phi) is 9.03. The highest BCUT2D eigenvalue weighted by molar-refractivity contribution is 5.85. The van der Waals surface area contributed by atoms with Crippen LogP contribution in [0.25, 0.3) is 33.7 Å². The highest BCUT2D eigenvalue weighted by Crippen LogP contribution is 2.43. The lowest BCUT2D eigenvalue weighted by Crippen LogP contribution is -2.19. The second kappa shape index (κ2) is 13.9. The molecule has 2 atom stereocenters. The number of ether oxygens (including phenoxy) is 2. The number of methoxy groups -OCH3 is 1. The van der Waals surface area contributed by atoms with E-state index in [-0.39, 0.29) is 6.10 Å². The number of pyridine rings is 1. The van der Waals surface area contributed by atoms with Crippen LogP contribution in [0.4, 0.5) is 0 Å². The maximum atomic E-state index is 10.1. The summed E-state index contributed by atoms with van der Waals surface area (Å²) >= 11 is 0. The van der Waals surface area contributed by atoms with Gasteiger partial charge in [0.1, 0.15) is 17.7 Å². The Morgan fingerprint density at radius 2 is 1.74 bits per heavy atom. The molecule has 4 heterocycles. The van der Waals surface area contributed by atoms with Gasteiger partial charge in [0.15, 0.2) is 5.58 Å². The van der Waals surface area contributed by atoms with E-state index in [1.807, 2.05) is 12.1 Å². The molecule has 0 spiro atoms. The first kappa shape index (κ1) is 32.5. The zero-order valence-corrected chi connectivity index (χ0v) is 29.4. The number of fused-ring (bicyclic) bond motifs is 2. The Labute approximate surface area is 294 Å². The average molecular weight is 668 g/mol. The van der Waals surface area contributed by atoms with Crippen LogP contribution in [-0.4, -0.2) is 53.1 Å². The van der Waals surface area contributed by atoms with Crippen LogP contribution in [-0.2, 0) is 25.9 Å². The Morgan fingerprint density at radius 1 is 0.920 bits per heavy atom. The molecular formula is C42H45N5O3. The number of likely N-dealkylation sites (tertiary alicyclic amines) is 2. The van der Waals surface area contributed by atoms with Crippen molar-refractivity contribution in [1.29, 1.82) is 5.26 Å². The lowest BCUT2D eigenvalue weighted by molar-refractivity contribution is 0.196. The summed E-state index contributed by atoms with van der Waals surface area (Å²) in [6.45, 7) is 10.6. The van der Waals surface area contributed by atoms with E-state index in [1.54, 1.807) is 7.11 Å². The summed E-state index contributed by atoms with van der Waals surface area (Å²) in [6.07, 6.45) is 6.25. The molecule has 0 radical (unpaired) electrons. The lowest BCUT2D eigenvalue weighted by Gasteiger charge is -2.19. The topological polar surface area (TPSA) is 87.7 Å². The number of nitrogens with zero attached hydrogens (tertiary/aromatic N) is 5. The summed E-state index contributed by atoms with van der Waals surface area (Å²) in [6, 6.07) is 23.5. The molecule has 0 amide bonds. The van der Waals surface area contributed by atoms with Crippen LogP contribution in [0.1, 0.15) is 79.0 Å². The van der Waals surface area contributed by atoms with Gasteiger partial charge < -0.3 is 13.9 Å². The minimum Gasteiger partial charge on any atom is -0.481 e. The number of oxazole rings is 1. The van der Waals surface area contributed by atoms with Gasteiger partial charge in [-0.05, 0) is 122 Å². The van der Waals surface area contributed by atoms with Gasteiger partial charge in [-0.25, -0.2) is 4.98 Å². The van der Waals surface area contributed by atoms with Crippen LogP contribution in [0.5, 0.6) is 11.8 Å². The van der Waals surface area contributed by atoms with E-state index in [1.165, 1.54) is 47.1 Å². The molecule has 3 aliphatic rings. The molecule has 2 aromatic heterocycles. The number of hydrogen-bond donors (Lipinski definition) is 0. The van der Waals surface area contributed by atoms with E-state index in [2.05, 4.69) is 78.2 Å². The average Bonchev–Trinajstić information content (AvgIpc) is 3.96. The summed E-state index contributed by atoms with van der Waals surface area (Å²) < 4.78 is 18.7. The molecule has 8 rings (SSSR count). The fourth-order valence-electron chi connectivity index (χ4n) is 8.36. The van der Waals surface area contributed by atoms with Gasteiger partial charge in [0.25, 0.3) is 0 Å². The van der Waals surface area contributed by atoms with Crippen LogP contribution in [0.15, 0.2) is 65.1 Å². The first-order valence-corrected chi connectivity index (χ1v) is 18.2. The summed E-state index contributed by atoms with van der Waals surface area (Å²) in [5, 5.41) is 10.1. The van der Waals surface area contributed by atoms with Crippen molar-refractivity contribution in [2.75, 3.05) is 33.3 Å². The van der Waals surface area contributed by atoms with E-state index < -0.39 is 0 Å². The Balaban J connectivity index is 1.08. The Bertz CT molecular complexity index is 2070. The molecule has 0 N–H and O–H groups in total. The van der Waals surface area contributed by atoms with Crippen LogP contribution in [0.3, 0.4) is 0 Å². The number of rotatable bonds is 10. The SMILES string of the molecule is CCc1c(-c2nc3cc(CN4CC[C@@H](C)C4)cc(C#N)c3o2)cccc1-c1cccc2c1CC[C@H]2Oc1ccc(CN2CCCC2)c(OC)n1. The normalized spacial score (nSPS) is 19.2. The van der Waals surface area contributed by atoms with Crippen LogP contribution in [0, 0.1) is 17.2 Å². The van der Waals surface area contributed by atoms with Crippen molar-refractivity contribution in [2.45, 2.75) is 71.6 Å². The van der Waals surface area contributed by atoms with Gasteiger partial charge in [-0.1, -0.05) is 44.2 Å². The molecule has 50 heavy (non-hydrogen) atoms. The Morgan fingerprint density at radius 3 is 2.52 bits per heavy atom. The predicted molar refractivity (Wildman–Crippen MR) is 195 cm³/mol. The van der Waals surface area contributed by atoms with Crippen molar-refractivity contribution in [2.24, 2.45) is 5.92 Å². The predicted octanol–water partition coefficient (Wildman–Crippen LogP) is 8.50. The third-order valence-corrected chi connectivity index (χ3v) is 10.8. The van der Waals surface area contributed by atoms with E-state index in [4.69, 9.17) is 23.9 Å². The summed E-state index contributed by atoms with van der Waals surface area (Å²) in [4.78, 5) is 14.7. The standard InChI is InChI=1S/C42H45N5O3/c1-4-31-32(9-8-12-36(31)42-44-37-22-28(21-30(23-43)40(37)50-42)25-47-20-17-27(2)24-47)33-10-7-11-35-34(33)14-15-38(35)49-39-16-13-29(41(45-39)48-3)26-46-18-5-6-19-46/h7-13,16,21-22,27,38H,4-6,14-15,17-20,24-26H2,1-3H3/t27-,38-/m1/s1. The fraction of sp³-hybridized carbons (Fsp3) is 0.405. The van der Waals surface area contributed by atoms with Gasteiger partial charge in [-0.2, -0.15) is 10.2 Å². The summed E-state index contributed by atoms with van der Waals surface area (Å²) in [5.41, 5.74) is 11.1. The van der Waals surface area contributed by atoms with Gasteiger partial charge in [-0.3, -0.25) is 9.80 Å². The monoisotopic (exact) mass is 667 g/mol. The van der Waals surface area contributed by atoms with Gasteiger partial charge in [0.2, 0.25) is 17.7 Å². The summed E-state index contributed by atoms with van der Waals surface area (Å²) in [7, 11) is 1.69. The minimum absolute atomic E-state index is 0.0840. The molecule has 8 nitrogen and oxygen atoms in total. The van der Waals surface area contributed by atoms with Crippen molar-refractivity contribution in [3.05, 3.63) is 94.0 Å². The molecule has 256 valence electrons. The molecule has 5 aromatic rings. The van der Waals surface area contributed by atoms with Crippen LogP contribution >= 0.6 is 0 Å². The molecule has 0 unspecified atom stereocenters. The minimum atomic E-state index is -0.0840. The van der Waals surface area contributed by atoms with Gasteiger partial charge >= 0.3 is 0 Å². The summed E-state index contributed by atoms with van der Waals surface area (Å²) in [5.74, 6) is 2.51. The van der Waals surface area contributed by atoms with E-state index >= 15 is 0 Å². The number of benzene rings is 3.